The Labute approximate surface area is 145 Å². The maximum Gasteiger partial charge on any atom is 0.416 e. The van der Waals surface area contributed by atoms with Crippen molar-refractivity contribution in [2.75, 3.05) is 5.32 Å². The summed E-state index contributed by atoms with van der Waals surface area (Å²) in [6, 6.07) is 6.26. The standard InChI is InChI=1S/C17H14F3N3OS/c1-10(24)16-14(6-7-25-16)23-15(11-8-21-22-9-11)12-4-2-3-5-13(12)17(18,19)20/h2-9,15,23H,1H3,(H,21,22). The normalized spacial score (nSPS) is 12.8. The molecule has 1 atom stereocenters. The molecule has 0 aliphatic heterocycles. The zero-order valence-corrected chi connectivity index (χ0v) is 13.9. The fraction of sp³-hybridized carbons (Fsp3) is 0.176. The van der Waals surface area contributed by atoms with Crippen molar-refractivity contribution in [1.82, 2.24) is 10.2 Å². The first-order valence-corrected chi connectivity index (χ1v) is 8.25. The number of ketones is 1. The molecular formula is C17H14F3N3OS. The smallest absolute Gasteiger partial charge is 0.373 e. The van der Waals surface area contributed by atoms with Crippen LogP contribution in [0.2, 0.25) is 0 Å². The number of hydrogen-bond acceptors (Lipinski definition) is 4. The third-order valence-electron chi connectivity index (χ3n) is 3.71. The second-order valence-electron chi connectivity index (χ2n) is 5.41. The van der Waals surface area contributed by atoms with Crippen molar-refractivity contribution < 1.29 is 18.0 Å². The molecule has 1 aromatic carbocycles. The molecule has 3 rings (SSSR count). The number of aromatic amines is 1. The number of hydrogen-bond donors (Lipinski definition) is 2. The van der Waals surface area contributed by atoms with Gasteiger partial charge < -0.3 is 5.32 Å². The number of halogens is 3. The lowest BCUT2D eigenvalue weighted by molar-refractivity contribution is -0.138. The molecule has 25 heavy (non-hydrogen) atoms. The molecule has 0 aliphatic rings. The van der Waals surface area contributed by atoms with E-state index in [2.05, 4.69) is 15.5 Å². The van der Waals surface area contributed by atoms with E-state index < -0.39 is 17.8 Å². The highest BCUT2D eigenvalue weighted by Gasteiger charge is 2.35. The number of alkyl halides is 3. The highest BCUT2D eigenvalue weighted by Crippen LogP contribution is 2.38. The van der Waals surface area contributed by atoms with Crippen LogP contribution in [0.1, 0.15) is 39.3 Å². The number of carbonyl (C=O) groups excluding carboxylic acids is 1. The molecule has 1 unspecified atom stereocenters. The van der Waals surface area contributed by atoms with Gasteiger partial charge in [0.2, 0.25) is 0 Å². The van der Waals surface area contributed by atoms with Gasteiger partial charge in [-0.25, -0.2) is 0 Å². The van der Waals surface area contributed by atoms with Crippen molar-refractivity contribution in [3.63, 3.8) is 0 Å². The van der Waals surface area contributed by atoms with Crippen LogP contribution in [0.3, 0.4) is 0 Å². The fourth-order valence-electron chi connectivity index (χ4n) is 2.62. The molecule has 3 aromatic rings. The van der Waals surface area contributed by atoms with Crippen LogP contribution in [0.5, 0.6) is 0 Å². The molecule has 0 radical (unpaired) electrons. The van der Waals surface area contributed by atoms with Crippen molar-refractivity contribution in [2.45, 2.75) is 19.1 Å². The zero-order valence-electron chi connectivity index (χ0n) is 13.1. The van der Waals surface area contributed by atoms with Gasteiger partial charge in [-0.05, 0) is 23.1 Å². The Bertz CT molecular complexity index is 871. The number of benzene rings is 1. The Kier molecular flexibility index (Phi) is 4.63. The number of aromatic nitrogens is 2. The summed E-state index contributed by atoms with van der Waals surface area (Å²) in [5, 5.41) is 11.2. The Morgan fingerprint density at radius 1 is 1.28 bits per heavy atom. The summed E-state index contributed by atoms with van der Waals surface area (Å²) in [6.45, 7) is 1.42. The minimum Gasteiger partial charge on any atom is -0.373 e. The number of H-pyrrole nitrogens is 1. The zero-order chi connectivity index (χ0) is 18.0. The molecule has 0 amide bonds. The monoisotopic (exact) mass is 365 g/mol. The van der Waals surface area contributed by atoms with Gasteiger partial charge in [0.1, 0.15) is 0 Å². The molecule has 0 fully saturated rings. The van der Waals surface area contributed by atoms with Crippen molar-refractivity contribution in [3.05, 3.63) is 69.7 Å². The van der Waals surface area contributed by atoms with E-state index in [-0.39, 0.29) is 11.3 Å². The van der Waals surface area contributed by atoms with Crippen molar-refractivity contribution >= 4 is 22.8 Å². The van der Waals surface area contributed by atoms with Gasteiger partial charge in [0.25, 0.3) is 0 Å². The van der Waals surface area contributed by atoms with Gasteiger partial charge in [-0.1, -0.05) is 18.2 Å². The first kappa shape index (κ1) is 17.2. The van der Waals surface area contributed by atoms with Crippen LogP contribution >= 0.6 is 11.3 Å². The number of Topliss-reactive ketones (excluding diaryl/α,β-unsaturated/α-hetero) is 1. The number of nitrogens with zero attached hydrogens (tertiary/aromatic N) is 1. The van der Waals surface area contributed by atoms with E-state index in [0.29, 0.717) is 16.1 Å². The predicted molar refractivity (Wildman–Crippen MR) is 89.8 cm³/mol. The molecule has 0 saturated heterocycles. The molecule has 2 heterocycles. The van der Waals surface area contributed by atoms with Crippen molar-refractivity contribution in [2.24, 2.45) is 0 Å². The topological polar surface area (TPSA) is 57.8 Å². The van der Waals surface area contributed by atoms with E-state index in [1.54, 1.807) is 17.5 Å². The second-order valence-corrected chi connectivity index (χ2v) is 6.33. The largest absolute Gasteiger partial charge is 0.416 e. The molecule has 8 heteroatoms. The van der Waals surface area contributed by atoms with Gasteiger partial charge >= 0.3 is 6.18 Å². The van der Waals surface area contributed by atoms with Gasteiger partial charge in [-0.2, -0.15) is 18.3 Å². The number of thiophene rings is 1. The fourth-order valence-corrected chi connectivity index (χ4v) is 3.38. The summed E-state index contributed by atoms with van der Waals surface area (Å²) in [5.41, 5.74) is 0.378. The predicted octanol–water partition coefficient (Wildman–Crippen LogP) is 4.89. The summed E-state index contributed by atoms with van der Waals surface area (Å²) in [6.07, 6.45) is -1.49. The number of carbonyl (C=O) groups is 1. The highest BCUT2D eigenvalue weighted by molar-refractivity contribution is 7.12. The Balaban J connectivity index is 2.09. The maximum absolute atomic E-state index is 13.4. The molecule has 0 spiro atoms. The van der Waals surface area contributed by atoms with Crippen LogP contribution in [0.4, 0.5) is 18.9 Å². The highest BCUT2D eigenvalue weighted by atomic mass is 32.1. The summed E-state index contributed by atoms with van der Waals surface area (Å²) in [4.78, 5) is 12.2. The summed E-state index contributed by atoms with van der Waals surface area (Å²) >= 11 is 1.24. The first-order chi connectivity index (χ1) is 11.9. The van der Waals surface area contributed by atoms with Gasteiger partial charge in [0.15, 0.2) is 5.78 Å². The molecule has 4 nitrogen and oxygen atoms in total. The molecule has 130 valence electrons. The quantitative estimate of drug-likeness (QED) is 0.633. The van der Waals surface area contributed by atoms with E-state index in [1.807, 2.05) is 0 Å². The Morgan fingerprint density at radius 3 is 2.68 bits per heavy atom. The van der Waals surface area contributed by atoms with Crippen LogP contribution in [-0.4, -0.2) is 16.0 Å². The van der Waals surface area contributed by atoms with Crippen LogP contribution in [0, 0.1) is 0 Å². The molecule has 2 aromatic heterocycles. The molecule has 2 N–H and O–H groups in total. The van der Waals surface area contributed by atoms with E-state index in [1.165, 1.54) is 42.8 Å². The number of nitrogens with one attached hydrogen (secondary N) is 2. The molecular weight excluding hydrogens is 351 g/mol. The van der Waals surface area contributed by atoms with E-state index in [9.17, 15) is 18.0 Å². The SMILES string of the molecule is CC(=O)c1sccc1NC(c1cn[nH]c1)c1ccccc1C(F)(F)F. The van der Waals surface area contributed by atoms with Crippen molar-refractivity contribution in [1.29, 1.82) is 0 Å². The van der Waals surface area contributed by atoms with Gasteiger partial charge in [0.05, 0.1) is 28.4 Å². The molecule has 0 aliphatic carbocycles. The first-order valence-electron chi connectivity index (χ1n) is 7.37. The van der Waals surface area contributed by atoms with Crippen LogP contribution in [-0.2, 0) is 6.18 Å². The van der Waals surface area contributed by atoms with Crippen LogP contribution in [0.15, 0.2) is 48.1 Å². The third kappa shape index (κ3) is 3.58. The Hall–Kier alpha value is -2.61. The second kappa shape index (κ2) is 6.72. The summed E-state index contributed by atoms with van der Waals surface area (Å²) < 4.78 is 40.3. The van der Waals surface area contributed by atoms with Gasteiger partial charge in [-0.15, -0.1) is 11.3 Å². The van der Waals surface area contributed by atoms with Crippen LogP contribution < -0.4 is 5.32 Å². The van der Waals surface area contributed by atoms with E-state index in [0.717, 1.165) is 6.07 Å². The minimum atomic E-state index is -4.49. The average Bonchev–Trinajstić information content (AvgIpc) is 3.23. The minimum absolute atomic E-state index is 0.0668. The maximum atomic E-state index is 13.4. The third-order valence-corrected chi connectivity index (χ3v) is 4.73. The molecule has 0 bridgehead atoms. The Morgan fingerprint density at radius 2 is 2.04 bits per heavy atom. The number of rotatable bonds is 5. The van der Waals surface area contributed by atoms with Crippen molar-refractivity contribution in [3.8, 4) is 0 Å². The summed E-state index contributed by atoms with van der Waals surface area (Å²) in [5.74, 6) is -0.146. The average molecular weight is 365 g/mol. The van der Waals surface area contributed by atoms with Gasteiger partial charge in [-0.3, -0.25) is 9.89 Å². The lowest BCUT2D eigenvalue weighted by Crippen LogP contribution is -2.18. The lowest BCUT2D eigenvalue weighted by Gasteiger charge is -2.23. The molecule has 0 saturated carbocycles. The van der Waals surface area contributed by atoms with E-state index in [4.69, 9.17) is 0 Å². The summed E-state index contributed by atoms with van der Waals surface area (Å²) in [7, 11) is 0. The number of anilines is 1. The lowest BCUT2D eigenvalue weighted by atomic mass is 9.95. The van der Waals surface area contributed by atoms with Crippen LogP contribution in [0.25, 0.3) is 0 Å². The van der Waals surface area contributed by atoms with Gasteiger partial charge in [0, 0.05) is 18.7 Å². The van der Waals surface area contributed by atoms with E-state index >= 15 is 0 Å².